The van der Waals surface area contributed by atoms with Crippen LogP contribution in [0.3, 0.4) is 0 Å². The van der Waals surface area contributed by atoms with E-state index in [1.54, 1.807) is 0 Å². The highest BCUT2D eigenvalue weighted by molar-refractivity contribution is 7.89. The normalized spacial score (nSPS) is 14.6. The second kappa shape index (κ2) is 7.24. The van der Waals surface area contributed by atoms with Crippen molar-refractivity contribution in [2.45, 2.75) is 47.5 Å². The van der Waals surface area contributed by atoms with Gasteiger partial charge in [-0.25, -0.2) is 13.1 Å². The molecule has 0 aliphatic heterocycles. The van der Waals surface area contributed by atoms with Gasteiger partial charge in [-0.1, -0.05) is 34.6 Å². The summed E-state index contributed by atoms with van der Waals surface area (Å²) >= 11 is 0. The molecule has 0 radical (unpaired) electrons. The molecule has 0 aromatic carbocycles. The molecule has 0 bridgehead atoms. The molecule has 0 saturated carbocycles. The molecule has 0 aromatic heterocycles. The van der Waals surface area contributed by atoms with Crippen LogP contribution in [0.4, 0.5) is 0 Å². The first-order chi connectivity index (χ1) is 8.43. The predicted octanol–water partition coefficient (Wildman–Crippen LogP) is 2.09. The summed E-state index contributed by atoms with van der Waals surface area (Å²) in [6, 6.07) is 0. The van der Waals surface area contributed by atoms with Gasteiger partial charge in [0.1, 0.15) is 0 Å². The van der Waals surface area contributed by atoms with Crippen molar-refractivity contribution in [3.05, 3.63) is 0 Å². The van der Waals surface area contributed by atoms with Crippen LogP contribution in [0.15, 0.2) is 0 Å². The van der Waals surface area contributed by atoms with Crippen LogP contribution in [0.1, 0.15) is 47.5 Å². The number of nitrogens with one attached hydrogen (secondary N) is 1. The molecule has 19 heavy (non-hydrogen) atoms. The highest BCUT2D eigenvalue weighted by Crippen LogP contribution is 2.24. The SMILES string of the molecule is CC(C)CCS(=O)(=O)NCC(CC(C)(C)C)C(=O)O. The van der Waals surface area contributed by atoms with Crippen LogP contribution in [-0.4, -0.2) is 31.8 Å². The van der Waals surface area contributed by atoms with E-state index in [1.807, 2.05) is 34.6 Å². The van der Waals surface area contributed by atoms with E-state index in [-0.39, 0.29) is 17.7 Å². The van der Waals surface area contributed by atoms with Crippen molar-refractivity contribution in [2.75, 3.05) is 12.3 Å². The lowest BCUT2D eigenvalue weighted by Crippen LogP contribution is -2.36. The fourth-order valence-corrected chi connectivity index (χ4v) is 3.06. The van der Waals surface area contributed by atoms with Gasteiger partial charge < -0.3 is 5.11 Å². The van der Waals surface area contributed by atoms with Crippen LogP contribution in [0.2, 0.25) is 0 Å². The third kappa shape index (κ3) is 9.90. The van der Waals surface area contributed by atoms with Crippen LogP contribution in [0.5, 0.6) is 0 Å². The number of rotatable bonds is 8. The Morgan fingerprint density at radius 1 is 1.26 bits per heavy atom. The van der Waals surface area contributed by atoms with E-state index in [4.69, 9.17) is 5.11 Å². The molecule has 0 aliphatic rings. The van der Waals surface area contributed by atoms with Crippen molar-refractivity contribution >= 4 is 16.0 Å². The average molecular weight is 293 g/mol. The van der Waals surface area contributed by atoms with Gasteiger partial charge in [-0.05, 0) is 24.2 Å². The molecule has 0 saturated heterocycles. The summed E-state index contributed by atoms with van der Waals surface area (Å²) in [5.41, 5.74) is -0.146. The molecule has 0 spiro atoms. The zero-order valence-electron chi connectivity index (χ0n) is 12.6. The van der Waals surface area contributed by atoms with Gasteiger partial charge in [0.2, 0.25) is 10.0 Å². The van der Waals surface area contributed by atoms with E-state index >= 15 is 0 Å². The van der Waals surface area contributed by atoms with E-state index in [1.165, 1.54) is 0 Å². The van der Waals surface area contributed by atoms with Gasteiger partial charge in [0.05, 0.1) is 11.7 Å². The maximum atomic E-state index is 11.7. The van der Waals surface area contributed by atoms with Gasteiger partial charge in [-0.3, -0.25) is 4.79 Å². The minimum Gasteiger partial charge on any atom is -0.481 e. The van der Waals surface area contributed by atoms with Crippen molar-refractivity contribution in [1.29, 1.82) is 0 Å². The van der Waals surface area contributed by atoms with Crippen LogP contribution in [-0.2, 0) is 14.8 Å². The van der Waals surface area contributed by atoms with Gasteiger partial charge in [0.25, 0.3) is 0 Å². The molecule has 6 heteroatoms. The van der Waals surface area contributed by atoms with Crippen molar-refractivity contribution in [3.8, 4) is 0 Å². The molecule has 1 unspecified atom stereocenters. The largest absolute Gasteiger partial charge is 0.481 e. The van der Waals surface area contributed by atoms with E-state index in [2.05, 4.69) is 4.72 Å². The number of hydrogen-bond acceptors (Lipinski definition) is 3. The Morgan fingerprint density at radius 2 is 1.79 bits per heavy atom. The number of sulfonamides is 1. The lowest BCUT2D eigenvalue weighted by molar-refractivity contribution is -0.142. The molecule has 0 rings (SSSR count). The molecular formula is C13H27NO4S. The quantitative estimate of drug-likeness (QED) is 0.718. The van der Waals surface area contributed by atoms with Gasteiger partial charge in [0.15, 0.2) is 0 Å². The van der Waals surface area contributed by atoms with Gasteiger partial charge in [-0.2, -0.15) is 0 Å². The fraction of sp³-hybridized carbons (Fsp3) is 0.923. The summed E-state index contributed by atoms with van der Waals surface area (Å²) in [5, 5.41) is 9.12. The first kappa shape index (κ1) is 18.4. The molecule has 0 fully saturated rings. The summed E-state index contributed by atoms with van der Waals surface area (Å²) in [7, 11) is -3.37. The second-order valence-corrected chi connectivity index (χ2v) is 8.58. The van der Waals surface area contributed by atoms with Crippen LogP contribution in [0.25, 0.3) is 0 Å². The Morgan fingerprint density at radius 3 is 2.16 bits per heavy atom. The standard InChI is InChI=1S/C13H27NO4S/c1-10(2)6-7-19(17,18)14-9-11(12(15)16)8-13(3,4)5/h10-11,14H,6-9H2,1-5H3,(H,15,16). The molecule has 0 aromatic rings. The maximum Gasteiger partial charge on any atom is 0.307 e. The first-order valence-corrected chi connectivity index (χ1v) is 8.28. The lowest BCUT2D eigenvalue weighted by atomic mass is 9.85. The van der Waals surface area contributed by atoms with E-state index < -0.39 is 21.9 Å². The molecule has 2 N–H and O–H groups in total. The summed E-state index contributed by atoms with van der Waals surface area (Å²) in [6.45, 7) is 9.69. The molecule has 5 nitrogen and oxygen atoms in total. The smallest absolute Gasteiger partial charge is 0.307 e. The monoisotopic (exact) mass is 293 g/mol. The molecule has 114 valence electrons. The number of aliphatic carboxylic acids is 1. The van der Waals surface area contributed by atoms with Crippen molar-refractivity contribution < 1.29 is 18.3 Å². The van der Waals surface area contributed by atoms with Crippen molar-refractivity contribution in [1.82, 2.24) is 4.72 Å². The number of carboxylic acid groups (broad SMARTS) is 1. The highest BCUT2D eigenvalue weighted by Gasteiger charge is 2.26. The minimum atomic E-state index is -3.37. The minimum absolute atomic E-state index is 0.0347. The predicted molar refractivity (Wildman–Crippen MR) is 76.4 cm³/mol. The Kier molecular flexibility index (Phi) is 7.00. The molecular weight excluding hydrogens is 266 g/mol. The topological polar surface area (TPSA) is 83.5 Å². The van der Waals surface area contributed by atoms with Crippen molar-refractivity contribution in [3.63, 3.8) is 0 Å². The second-order valence-electron chi connectivity index (χ2n) is 6.65. The number of carboxylic acids is 1. The van der Waals surface area contributed by atoms with Crippen LogP contribution >= 0.6 is 0 Å². The number of hydrogen-bond donors (Lipinski definition) is 2. The summed E-state index contributed by atoms with van der Waals surface area (Å²) < 4.78 is 25.9. The van der Waals surface area contributed by atoms with E-state index in [9.17, 15) is 13.2 Å². The average Bonchev–Trinajstić information content (AvgIpc) is 2.20. The lowest BCUT2D eigenvalue weighted by Gasteiger charge is -2.23. The summed E-state index contributed by atoms with van der Waals surface area (Å²) in [6.07, 6.45) is 1.02. The summed E-state index contributed by atoms with van der Waals surface area (Å²) in [5.74, 6) is -1.29. The molecule has 1 atom stereocenters. The Bertz CT molecular complexity index is 382. The summed E-state index contributed by atoms with van der Waals surface area (Å²) in [4.78, 5) is 11.1. The Labute approximate surface area is 116 Å². The van der Waals surface area contributed by atoms with Gasteiger partial charge in [-0.15, -0.1) is 0 Å². The number of carbonyl (C=O) groups is 1. The van der Waals surface area contributed by atoms with Crippen LogP contribution < -0.4 is 4.72 Å². The van der Waals surface area contributed by atoms with Crippen LogP contribution in [0, 0.1) is 17.3 Å². The van der Waals surface area contributed by atoms with E-state index in [0.717, 1.165) is 0 Å². The maximum absolute atomic E-state index is 11.7. The van der Waals surface area contributed by atoms with E-state index in [0.29, 0.717) is 18.8 Å². The first-order valence-electron chi connectivity index (χ1n) is 6.63. The van der Waals surface area contributed by atoms with Gasteiger partial charge >= 0.3 is 5.97 Å². The zero-order chi connectivity index (χ0) is 15.3. The molecule has 0 aliphatic carbocycles. The Balaban J connectivity index is 4.44. The Hall–Kier alpha value is -0.620. The zero-order valence-corrected chi connectivity index (χ0v) is 13.4. The third-order valence-corrected chi connectivity index (χ3v) is 4.10. The fourth-order valence-electron chi connectivity index (χ4n) is 1.68. The third-order valence-electron chi connectivity index (χ3n) is 2.72. The highest BCUT2D eigenvalue weighted by atomic mass is 32.2. The molecule has 0 amide bonds. The van der Waals surface area contributed by atoms with Crippen molar-refractivity contribution in [2.24, 2.45) is 17.3 Å². The molecule has 0 heterocycles. The van der Waals surface area contributed by atoms with Gasteiger partial charge in [0, 0.05) is 6.54 Å².